The summed E-state index contributed by atoms with van der Waals surface area (Å²) in [5.41, 5.74) is 2.28. The summed E-state index contributed by atoms with van der Waals surface area (Å²) in [6.45, 7) is 4.10. The van der Waals surface area contributed by atoms with E-state index in [0.29, 0.717) is 0 Å². The van der Waals surface area contributed by atoms with Gasteiger partial charge in [-0.15, -0.1) is 0 Å². The van der Waals surface area contributed by atoms with Crippen molar-refractivity contribution in [2.24, 2.45) is 11.3 Å². The number of amides is 1. The van der Waals surface area contributed by atoms with Crippen molar-refractivity contribution in [3.63, 3.8) is 0 Å². The molecular weight excluding hydrogens is 366 g/mol. The Morgan fingerprint density at radius 1 is 0.933 bits per heavy atom. The van der Waals surface area contributed by atoms with Gasteiger partial charge < -0.3 is 5.32 Å². The van der Waals surface area contributed by atoms with Crippen LogP contribution in [0.4, 0.5) is 5.69 Å². The lowest BCUT2D eigenvalue weighted by Crippen LogP contribution is -2.40. The van der Waals surface area contributed by atoms with E-state index in [9.17, 15) is 4.79 Å². The van der Waals surface area contributed by atoms with Gasteiger partial charge in [0.25, 0.3) is 0 Å². The van der Waals surface area contributed by atoms with Crippen molar-refractivity contribution < 1.29 is 4.79 Å². The van der Waals surface area contributed by atoms with E-state index in [1.165, 1.54) is 19.3 Å². The van der Waals surface area contributed by atoms with Crippen LogP contribution in [0.3, 0.4) is 0 Å². The van der Waals surface area contributed by atoms with Gasteiger partial charge in [-0.2, -0.15) is 0 Å². The van der Waals surface area contributed by atoms with Crippen molar-refractivity contribution in [2.45, 2.75) is 46.0 Å². The lowest BCUT2D eigenvalue weighted by Gasteiger charge is -2.35. The fourth-order valence-corrected chi connectivity index (χ4v) is 4.52. The van der Waals surface area contributed by atoms with E-state index in [1.807, 2.05) is 49.4 Å². The minimum atomic E-state index is -0.723. The van der Waals surface area contributed by atoms with Gasteiger partial charge in [-0.25, -0.2) is 0 Å². The molecule has 0 heterocycles. The molecule has 1 aliphatic carbocycles. The minimum Gasteiger partial charge on any atom is -0.324 e. The minimum absolute atomic E-state index is 0.00633. The van der Waals surface area contributed by atoms with Crippen LogP contribution in [0.2, 0.25) is 0 Å². The molecule has 1 amide bonds. The summed E-state index contributed by atoms with van der Waals surface area (Å²) in [5, 5.41) is 5.42. The number of hydrogen-bond donors (Lipinski definition) is 1. The third-order valence-electron chi connectivity index (χ3n) is 6.53. The van der Waals surface area contributed by atoms with Crippen LogP contribution in [-0.4, -0.2) is 5.91 Å². The first-order valence-corrected chi connectivity index (χ1v) is 11.0. The summed E-state index contributed by atoms with van der Waals surface area (Å²) in [6.07, 6.45) is 5.72. The first kappa shape index (κ1) is 20.2. The normalized spacial score (nSPS) is 16.3. The molecule has 0 radical (unpaired) electrons. The smallest absolute Gasteiger partial charge is 0.242 e. The molecule has 2 nitrogen and oxygen atoms in total. The lowest BCUT2D eigenvalue weighted by molar-refractivity contribution is -0.124. The van der Waals surface area contributed by atoms with Crippen LogP contribution in [-0.2, 0) is 4.79 Å². The molecule has 0 bridgehead atoms. The van der Waals surface area contributed by atoms with Crippen LogP contribution >= 0.6 is 0 Å². The predicted octanol–water partition coefficient (Wildman–Crippen LogP) is 6.73. The Hall–Kier alpha value is -3.05. The van der Waals surface area contributed by atoms with Gasteiger partial charge in [-0.1, -0.05) is 85.7 Å². The molecule has 4 rings (SSSR count). The van der Waals surface area contributed by atoms with Gasteiger partial charge in [0, 0.05) is 16.6 Å². The molecule has 1 N–H and O–H groups in total. The highest BCUT2D eigenvalue weighted by Crippen LogP contribution is 2.39. The average Bonchev–Trinajstić information content (AvgIpc) is 2.79. The Bertz CT molecular complexity index is 1110. The van der Waals surface area contributed by atoms with Crippen molar-refractivity contribution in [3.05, 3.63) is 77.9 Å². The summed E-state index contributed by atoms with van der Waals surface area (Å²) < 4.78 is 0. The molecule has 3 aromatic carbocycles. The number of anilines is 1. The van der Waals surface area contributed by atoms with Crippen LogP contribution in [0.1, 0.15) is 50.2 Å². The molecule has 1 fully saturated rings. The first-order valence-electron chi connectivity index (χ1n) is 11.0. The van der Waals surface area contributed by atoms with Crippen LogP contribution in [0.15, 0.2) is 66.7 Å². The van der Waals surface area contributed by atoms with Gasteiger partial charge in [0.1, 0.15) is 5.41 Å². The van der Waals surface area contributed by atoms with Crippen LogP contribution < -0.4 is 5.32 Å². The number of benzene rings is 3. The van der Waals surface area contributed by atoms with Crippen LogP contribution in [0, 0.1) is 30.1 Å². The number of nitrogens with one attached hydrogen (secondary N) is 1. The molecule has 152 valence electrons. The molecule has 0 saturated heterocycles. The summed E-state index contributed by atoms with van der Waals surface area (Å²) in [4.78, 5) is 13.7. The molecule has 30 heavy (non-hydrogen) atoms. The zero-order valence-electron chi connectivity index (χ0n) is 17.9. The lowest BCUT2D eigenvalue weighted by atomic mass is 9.69. The van der Waals surface area contributed by atoms with Gasteiger partial charge in [0.05, 0.1) is 0 Å². The molecule has 1 atom stereocenters. The second-order valence-electron chi connectivity index (χ2n) is 8.58. The number of hydrogen-bond acceptors (Lipinski definition) is 1. The highest BCUT2D eigenvalue weighted by atomic mass is 16.2. The second kappa shape index (κ2) is 8.76. The van der Waals surface area contributed by atoms with E-state index < -0.39 is 5.41 Å². The van der Waals surface area contributed by atoms with E-state index in [0.717, 1.165) is 40.4 Å². The zero-order chi connectivity index (χ0) is 21.0. The molecule has 0 aliphatic heterocycles. The summed E-state index contributed by atoms with van der Waals surface area (Å²) in [7, 11) is 0. The van der Waals surface area contributed by atoms with Crippen molar-refractivity contribution in [1.82, 2.24) is 0 Å². The van der Waals surface area contributed by atoms with Gasteiger partial charge in [-0.05, 0) is 55.7 Å². The summed E-state index contributed by atoms with van der Waals surface area (Å²) in [6, 6.07) is 22.3. The maximum atomic E-state index is 13.7. The van der Waals surface area contributed by atoms with Gasteiger partial charge in [-0.3, -0.25) is 4.79 Å². The quantitative estimate of drug-likeness (QED) is 0.490. The first-order chi connectivity index (χ1) is 14.6. The number of carbonyl (C=O) groups excluding carboxylic acids is 1. The standard InChI is InChI=1S/C28H29NO/c1-21-11-6-7-12-22(21)19-20-28(2,24-15-4-3-5-16-24)27(30)29-26-18-10-14-23-13-8-9-17-25(23)26/h6-14,17-18,24H,3-5,15-16H2,1-2H3,(H,29,30)/t28-/m1/s1. The van der Waals surface area contributed by atoms with Crippen molar-refractivity contribution >= 4 is 22.4 Å². The maximum Gasteiger partial charge on any atom is 0.242 e. The fourth-order valence-electron chi connectivity index (χ4n) is 4.52. The third-order valence-corrected chi connectivity index (χ3v) is 6.53. The summed E-state index contributed by atoms with van der Waals surface area (Å²) in [5.74, 6) is 7.05. The van der Waals surface area contributed by atoms with E-state index in [1.54, 1.807) is 0 Å². The van der Waals surface area contributed by atoms with Gasteiger partial charge in [0.15, 0.2) is 0 Å². The molecule has 2 heteroatoms. The number of carbonyl (C=O) groups is 1. The Labute approximate surface area is 179 Å². The predicted molar refractivity (Wildman–Crippen MR) is 125 cm³/mol. The van der Waals surface area contributed by atoms with Gasteiger partial charge in [0.2, 0.25) is 5.91 Å². The highest BCUT2D eigenvalue weighted by molar-refractivity contribution is 6.05. The fraction of sp³-hybridized carbons (Fsp3) is 0.321. The molecule has 3 aromatic rings. The zero-order valence-corrected chi connectivity index (χ0v) is 17.9. The van der Waals surface area contributed by atoms with Crippen LogP contribution in [0.25, 0.3) is 10.8 Å². The average molecular weight is 396 g/mol. The second-order valence-corrected chi connectivity index (χ2v) is 8.58. The van der Waals surface area contributed by atoms with E-state index in [-0.39, 0.29) is 11.8 Å². The van der Waals surface area contributed by atoms with Crippen molar-refractivity contribution in [3.8, 4) is 11.8 Å². The molecule has 1 aliphatic rings. The Morgan fingerprint density at radius 2 is 1.63 bits per heavy atom. The molecule has 0 unspecified atom stereocenters. The van der Waals surface area contributed by atoms with Gasteiger partial charge >= 0.3 is 0 Å². The molecular formula is C28H29NO. The number of fused-ring (bicyclic) bond motifs is 1. The van der Waals surface area contributed by atoms with Crippen molar-refractivity contribution in [2.75, 3.05) is 5.32 Å². The molecule has 0 aromatic heterocycles. The summed E-state index contributed by atoms with van der Waals surface area (Å²) >= 11 is 0. The number of rotatable bonds is 3. The highest BCUT2D eigenvalue weighted by Gasteiger charge is 2.40. The largest absolute Gasteiger partial charge is 0.324 e. The molecule has 0 spiro atoms. The Kier molecular flexibility index (Phi) is 5.91. The number of aryl methyl sites for hydroxylation is 1. The van der Waals surface area contributed by atoms with E-state index in [4.69, 9.17) is 0 Å². The van der Waals surface area contributed by atoms with E-state index in [2.05, 4.69) is 48.3 Å². The van der Waals surface area contributed by atoms with Crippen molar-refractivity contribution in [1.29, 1.82) is 0 Å². The van der Waals surface area contributed by atoms with E-state index >= 15 is 0 Å². The topological polar surface area (TPSA) is 29.1 Å². The van der Waals surface area contributed by atoms with Crippen LogP contribution in [0.5, 0.6) is 0 Å². The Morgan fingerprint density at radius 3 is 2.43 bits per heavy atom. The SMILES string of the molecule is Cc1ccccc1C#C[C@@](C)(C(=O)Nc1cccc2ccccc12)C1CCCCC1. The maximum absolute atomic E-state index is 13.7. The Balaban J connectivity index is 1.70. The third kappa shape index (κ3) is 4.12. The monoisotopic (exact) mass is 395 g/mol. The molecule has 1 saturated carbocycles.